The fourth-order valence-electron chi connectivity index (χ4n) is 2.86. The van der Waals surface area contributed by atoms with Crippen molar-refractivity contribution in [1.82, 2.24) is 10.3 Å². The molecule has 1 saturated heterocycles. The minimum Gasteiger partial charge on any atom is -0.311 e. The fourth-order valence-corrected chi connectivity index (χ4v) is 3.76. The predicted molar refractivity (Wildman–Crippen MR) is 63.2 cm³/mol. The van der Waals surface area contributed by atoms with E-state index in [-0.39, 0.29) is 0 Å². The zero-order valence-corrected chi connectivity index (χ0v) is 10.1. The van der Waals surface area contributed by atoms with Crippen LogP contribution in [0.3, 0.4) is 0 Å². The van der Waals surface area contributed by atoms with Crippen LogP contribution in [0.5, 0.6) is 0 Å². The van der Waals surface area contributed by atoms with Crippen LogP contribution in [0, 0.1) is 12.8 Å². The van der Waals surface area contributed by atoms with Crippen LogP contribution in [0.1, 0.15) is 36.4 Å². The molecule has 1 unspecified atom stereocenters. The Bertz CT molecular complexity index is 348. The average molecular weight is 222 g/mol. The second kappa shape index (κ2) is 3.56. The third-order valence-electron chi connectivity index (χ3n) is 3.77. The van der Waals surface area contributed by atoms with Gasteiger partial charge in [-0.3, -0.25) is 0 Å². The van der Waals surface area contributed by atoms with Crippen LogP contribution in [0.15, 0.2) is 5.38 Å². The highest BCUT2D eigenvalue weighted by atomic mass is 32.1. The molecule has 2 aliphatic rings. The standard InChI is InChI=1S/C12H18N2S/c1-9-8-15-11(14-9)7-12(10-3-4-10)5-2-6-13-12/h8,10,13H,2-7H2,1H3. The van der Waals surface area contributed by atoms with E-state index in [2.05, 4.69) is 22.6 Å². The number of hydrogen-bond donors (Lipinski definition) is 1. The van der Waals surface area contributed by atoms with Gasteiger partial charge in [-0.25, -0.2) is 4.98 Å². The van der Waals surface area contributed by atoms with Gasteiger partial charge >= 0.3 is 0 Å². The molecule has 1 aliphatic heterocycles. The zero-order chi connectivity index (χ0) is 10.3. The number of aryl methyl sites for hydroxylation is 1. The first-order valence-electron chi connectivity index (χ1n) is 5.95. The van der Waals surface area contributed by atoms with E-state index in [1.165, 1.54) is 42.9 Å². The van der Waals surface area contributed by atoms with Gasteiger partial charge in [0, 0.05) is 23.0 Å². The van der Waals surface area contributed by atoms with Crippen molar-refractivity contribution in [2.45, 2.75) is 44.6 Å². The lowest BCUT2D eigenvalue weighted by molar-refractivity contribution is 0.323. The molecule has 82 valence electrons. The minimum absolute atomic E-state index is 0.421. The molecule has 2 heterocycles. The fraction of sp³-hybridized carbons (Fsp3) is 0.750. The van der Waals surface area contributed by atoms with Crippen molar-refractivity contribution in [3.8, 4) is 0 Å². The van der Waals surface area contributed by atoms with E-state index in [4.69, 9.17) is 0 Å². The summed E-state index contributed by atoms with van der Waals surface area (Å²) in [7, 11) is 0. The SMILES string of the molecule is Cc1csc(CC2(C3CC3)CCCN2)n1. The molecule has 1 aromatic rings. The molecule has 1 atom stereocenters. The van der Waals surface area contributed by atoms with Gasteiger partial charge in [-0.15, -0.1) is 11.3 Å². The molecule has 2 nitrogen and oxygen atoms in total. The highest BCUT2D eigenvalue weighted by molar-refractivity contribution is 7.09. The van der Waals surface area contributed by atoms with E-state index in [0.717, 1.165) is 12.3 Å². The molecule has 3 rings (SSSR count). The summed E-state index contributed by atoms with van der Waals surface area (Å²) in [5.41, 5.74) is 1.60. The summed E-state index contributed by atoms with van der Waals surface area (Å²) in [4.78, 5) is 4.61. The Morgan fingerprint density at radius 1 is 1.60 bits per heavy atom. The van der Waals surface area contributed by atoms with Gasteiger partial charge in [0.25, 0.3) is 0 Å². The van der Waals surface area contributed by atoms with Crippen LogP contribution in [0.4, 0.5) is 0 Å². The van der Waals surface area contributed by atoms with Gasteiger partial charge in [0.05, 0.1) is 5.01 Å². The number of aromatic nitrogens is 1. The topological polar surface area (TPSA) is 24.9 Å². The maximum Gasteiger partial charge on any atom is 0.0946 e. The van der Waals surface area contributed by atoms with Crippen molar-refractivity contribution >= 4 is 11.3 Å². The van der Waals surface area contributed by atoms with Gasteiger partial charge in [0.1, 0.15) is 0 Å². The van der Waals surface area contributed by atoms with E-state index in [0.29, 0.717) is 5.54 Å². The van der Waals surface area contributed by atoms with Gasteiger partial charge in [-0.05, 0) is 45.1 Å². The molecule has 0 amide bonds. The van der Waals surface area contributed by atoms with Gasteiger partial charge in [-0.1, -0.05) is 0 Å². The van der Waals surface area contributed by atoms with Gasteiger partial charge in [0.2, 0.25) is 0 Å². The first kappa shape index (κ1) is 9.79. The maximum absolute atomic E-state index is 4.61. The Balaban J connectivity index is 1.78. The summed E-state index contributed by atoms with van der Waals surface area (Å²) >= 11 is 1.83. The lowest BCUT2D eigenvalue weighted by atomic mass is 9.88. The third-order valence-corrected chi connectivity index (χ3v) is 4.74. The quantitative estimate of drug-likeness (QED) is 0.850. The first-order valence-corrected chi connectivity index (χ1v) is 6.82. The summed E-state index contributed by atoms with van der Waals surface area (Å²) in [5, 5.41) is 7.26. The van der Waals surface area contributed by atoms with Crippen molar-refractivity contribution < 1.29 is 0 Å². The number of rotatable bonds is 3. The zero-order valence-electron chi connectivity index (χ0n) is 9.25. The van der Waals surface area contributed by atoms with E-state index < -0.39 is 0 Å². The average Bonchev–Trinajstić information content (AvgIpc) is 2.86. The summed E-state index contributed by atoms with van der Waals surface area (Å²) in [6, 6.07) is 0. The minimum atomic E-state index is 0.421. The Hall–Kier alpha value is -0.410. The molecule has 0 radical (unpaired) electrons. The number of thiazole rings is 1. The van der Waals surface area contributed by atoms with Crippen molar-refractivity contribution in [2.75, 3.05) is 6.54 Å². The van der Waals surface area contributed by atoms with E-state index in [9.17, 15) is 0 Å². The van der Waals surface area contributed by atoms with Crippen molar-refractivity contribution in [3.63, 3.8) is 0 Å². The summed E-state index contributed by atoms with van der Waals surface area (Å²) in [6.45, 7) is 3.30. The number of nitrogens with one attached hydrogen (secondary N) is 1. The molecule has 1 saturated carbocycles. The Labute approximate surface area is 95.1 Å². The maximum atomic E-state index is 4.61. The molecule has 15 heavy (non-hydrogen) atoms. The lowest BCUT2D eigenvalue weighted by Crippen LogP contribution is -2.44. The molecular formula is C12H18N2S. The molecule has 0 aromatic carbocycles. The van der Waals surface area contributed by atoms with Gasteiger partial charge in [0.15, 0.2) is 0 Å². The Morgan fingerprint density at radius 3 is 3.00 bits per heavy atom. The van der Waals surface area contributed by atoms with Crippen LogP contribution in [-0.2, 0) is 6.42 Å². The van der Waals surface area contributed by atoms with Crippen LogP contribution < -0.4 is 5.32 Å². The van der Waals surface area contributed by atoms with Crippen molar-refractivity contribution in [3.05, 3.63) is 16.1 Å². The number of hydrogen-bond acceptors (Lipinski definition) is 3. The van der Waals surface area contributed by atoms with Gasteiger partial charge in [-0.2, -0.15) is 0 Å². The van der Waals surface area contributed by atoms with Gasteiger partial charge < -0.3 is 5.32 Å². The van der Waals surface area contributed by atoms with E-state index in [1.54, 1.807) is 0 Å². The lowest BCUT2D eigenvalue weighted by Gasteiger charge is -2.28. The smallest absolute Gasteiger partial charge is 0.0946 e. The predicted octanol–water partition coefficient (Wildman–Crippen LogP) is 2.53. The van der Waals surface area contributed by atoms with Crippen LogP contribution in [-0.4, -0.2) is 17.1 Å². The molecule has 1 aliphatic carbocycles. The molecule has 0 spiro atoms. The van der Waals surface area contributed by atoms with Crippen LogP contribution in [0.2, 0.25) is 0 Å². The first-order chi connectivity index (χ1) is 7.28. The number of nitrogens with zero attached hydrogens (tertiary/aromatic N) is 1. The third kappa shape index (κ3) is 1.83. The molecule has 1 aromatic heterocycles. The molecule has 0 bridgehead atoms. The Kier molecular flexibility index (Phi) is 2.33. The van der Waals surface area contributed by atoms with Crippen LogP contribution in [0.25, 0.3) is 0 Å². The molecular weight excluding hydrogens is 204 g/mol. The normalized spacial score (nSPS) is 31.0. The van der Waals surface area contributed by atoms with Crippen molar-refractivity contribution in [2.24, 2.45) is 5.92 Å². The molecule has 3 heteroatoms. The summed E-state index contributed by atoms with van der Waals surface area (Å²) in [5.74, 6) is 0.934. The second-order valence-corrected chi connectivity index (χ2v) is 5.96. The molecule has 2 fully saturated rings. The summed E-state index contributed by atoms with van der Waals surface area (Å²) < 4.78 is 0. The van der Waals surface area contributed by atoms with E-state index >= 15 is 0 Å². The second-order valence-electron chi connectivity index (χ2n) is 5.02. The highest BCUT2D eigenvalue weighted by Crippen LogP contribution is 2.46. The summed E-state index contributed by atoms with van der Waals surface area (Å²) in [6.07, 6.45) is 6.72. The highest BCUT2D eigenvalue weighted by Gasteiger charge is 2.46. The van der Waals surface area contributed by atoms with Crippen molar-refractivity contribution in [1.29, 1.82) is 0 Å². The Morgan fingerprint density at radius 2 is 2.47 bits per heavy atom. The van der Waals surface area contributed by atoms with Crippen LogP contribution >= 0.6 is 11.3 Å². The largest absolute Gasteiger partial charge is 0.311 e. The monoisotopic (exact) mass is 222 g/mol. The molecule has 1 N–H and O–H groups in total. The van der Waals surface area contributed by atoms with E-state index in [1.807, 2.05) is 11.3 Å².